The maximum absolute atomic E-state index is 13.1. The summed E-state index contributed by atoms with van der Waals surface area (Å²) in [5, 5.41) is 16.7. The van der Waals surface area contributed by atoms with Gasteiger partial charge in [0.1, 0.15) is 6.33 Å². The van der Waals surface area contributed by atoms with Crippen molar-refractivity contribution in [3.63, 3.8) is 0 Å². The van der Waals surface area contributed by atoms with Gasteiger partial charge < -0.3 is 10.6 Å². The Hall–Kier alpha value is -2.91. The quantitative estimate of drug-likeness (QED) is 0.591. The molecule has 0 aliphatic carbocycles. The van der Waals surface area contributed by atoms with Crippen LogP contribution in [-0.2, 0) is 6.18 Å². The number of benzene rings is 1. The van der Waals surface area contributed by atoms with Gasteiger partial charge in [-0.15, -0.1) is 0 Å². The molecule has 25 heavy (non-hydrogen) atoms. The Morgan fingerprint density at radius 2 is 1.88 bits per heavy atom. The Morgan fingerprint density at radius 1 is 1.24 bits per heavy atom. The third-order valence-electron chi connectivity index (χ3n) is 3.49. The second-order valence-corrected chi connectivity index (χ2v) is 5.30. The number of halogens is 3. The van der Waals surface area contributed by atoms with Crippen LogP contribution in [0.25, 0.3) is 0 Å². The fourth-order valence-electron chi connectivity index (χ4n) is 2.05. The predicted molar refractivity (Wildman–Crippen MR) is 86.8 cm³/mol. The number of hydrogen-bond acceptors (Lipinski definition) is 6. The number of para-hydroxylation sites is 1. The zero-order chi connectivity index (χ0) is 18.6. The number of aromatic nitrogens is 2. The highest BCUT2D eigenvalue weighted by Gasteiger charge is 2.34. The molecular formula is C15H16F3N5O2. The second kappa shape index (κ2) is 7.32. The lowest BCUT2D eigenvalue weighted by Gasteiger charge is -2.16. The number of anilines is 3. The molecule has 1 heterocycles. The van der Waals surface area contributed by atoms with E-state index in [0.717, 1.165) is 12.4 Å². The molecule has 0 aliphatic rings. The molecule has 10 heteroatoms. The molecule has 0 fully saturated rings. The van der Waals surface area contributed by atoms with Gasteiger partial charge >= 0.3 is 11.9 Å². The van der Waals surface area contributed by atoms with Crippen LogP contribution in [0.2, 0.25) is 0 Å². The zero-order valence-corrected chi connectivity index (χ0v) is 13.5. The van der Waals surface area contributed by atoms with Crippen LogP contribution < -0.4 is 10.6 Å². The molecule has 2 aromatic rings. The summed E-state index contributed by atoms with van der Waals surface area (Å²) in [5.41, 5.74) is -1.79. The lowest BCUT2D eigenvalue weighted by atomic mass is 10.1. The Bertz CT molecular complexity index is 767. The first-order valence-corrected chi connectivity index (χ1v) is 7.43. The molecule has 2 N–H and O–H groups in total. The number of rotatable bonds is 6. The molecule has 1 unspecified atom stereocenters. The van der Waals surface area contributed by atoms with E-state index in [1.807, 2.05) is 6.92 Å². The summed E-state index contributed by atoms with van der Waals surface area (Å²) in [6.07, 6.45) is -2.87. The molecule has 1 aromatic carbocycles. The van der Waals surface area contributed by atoms with Crippen LogP contribution in [0.5, 0.6) is 0 Å². The smallest absolute Gasteiger partial charge is 0.362 e. The highest BCUT2D eigenvalue weighted by molar-refractivity contribution is 5.75. The summed E-state index contributed by atoms with van der Waals surface area (Å²) in [6, 6.07) is 4.58. The van der Waals surface area contributed by atoms with Crippen LogP contribution in [0, 0.1) is 10.1 Å². The maximum atomic E-state index is 13.1. The van der Waals surface area contributed by atoms with Gasteiger partial charge in [0.15, 0.2) is 0 Å². The Kier molecular flexibility index (Phi) is 5.40. The van der Waals surface area contributed by atoms with Crippen LogP contribution in [0.15, 0.2) is 30.6 Å². The molecule has 0 aliphatic heterocycles. The fraction of sp³-hybridized carbons (Fsp3) is 0.333. The summed E-state index contributed by atoms with van der Waals surface area (Å²) >= 11 is 0. The molecule has 0 spiro atoms. The molecule has 134 valence electrons. The first kappa shape index (κ1) is 18.4. The first-order chi connectivity index (χ1) is 11.7. The van der Waals surface area contributed by atoms with Crippen molar-refractivity contribution >= 4 is 23.0 Å². The van der Waals surface area contributed by atoms with Crippen molar-refractivity contribution in [2.75, 3.05) is 10.6 Å². The van der Waals surface area contributed by atoms with Gasteiger partial charge in [-0.3, -0.25) is 10.1 Å². The van der Waals surface area contributed by atoms with Gasteiger partial charge in [0.2, 0.25) is 11.6 Å². The normalized spacial score (nSPS) is 12.5. The number of nitro groups is 1. The summed E-state index contributed by atoms with van der Waals surface area (Å²) in [4.78, 5) is 18.3. The van der Waals surface area contributed by atoms with Gasteiger partial charge in [0.25, 0.3) is 0 Å². The predicted octanol–water partition coefficient (Wildman–Crippen LogP) is 4.36. The molecule has 2 rings (SSSR count). The van der Waals surface area contributed by atoms with Gasteiger partial charge in [-0.1, -0.05) is 19.1 Å². The van der Waals surface area contributed by atoms with Gasteiger partial charge in [-0.05, 0) is 25.5 Å². The first-order valence-electron chi connectivity index (χ1n) is 7.43. The fourth-order valence-corrected chi connectivity index (χ4v) is 2.05. The lowest BCUT2D eigenvalue weighted by Crippen LogP contribution is -2.17. The van der Waals surface area contributed by atoms with E-state index in [0.29, 0.717) is 6.42 Å². The molecule has 0 saturated heterocycles. The topological polar surface area (TPSA) is 93.0 Å². The van der Waals surface area contributed by atoms with Crippen LogP contribution in [0.1, 0.15) is 25.8 Å². The van der Waals surface area contributed by atoms with E-state index in [4.69, 9.17) is 0 Å². The second-order valence-electron chi connectivity index (χ2n) is 5.30. The summed E-state index contributed by atoms with van der Waals surface area (Å²) in [5.74, 6) is -0.371. The van der Waals surface area contributed by atoms with E-state index in [1.165, 1.54) is 18.2 Å². The molecular weight excluding hydrogens is 339 g/mol. The van der Waals surface area contributed by atoms with Crippen LogP contribution in [-0.4, -0.2) is 20.9 Å². The van der Waals surface area contributed by atoms with Crippen molar-refractivity contribution in [2.45, 2.75) is 32.5 Å². The minimum atomic E-state index is -4.61. The van der Waals surface area contributed by atoms with Crippen molar-refractivity contribution in [3.8, 4) is 0 Å². The third kappa shape index (κ3) is 4.34. The van der Waals surface area contributed by atoms with Crippen LogP contribution >= 0.6 is 0 Å². The van der Waals surface area contributed by atoms with Gasteiger partial charge in [-0.25, -0.2) is 9.97 Å². The standard InChI is InChI=1S/C15H16F3N5O2/c1-3-9(2)21-13-12(23(24)25)14(20-8-19-13)22-11-7-5-4-6-10(11)15(16,17)18/h4-9H,3H2,1-2H3,(H2,19,20,21,22). The van der Waals surface area contributed by atoms with E-state index in [-0.39, 0.29) is 23.4 Å². The monoisotopic (exact) mass is 355 g/mol. The summed E-state index contributed by atoms with van der Waals surface area (Å²) in [6.45, 7) is 3.68. The Balaban J connectivity index is 2.48. The van der Waals surface area contributed by atoms with Crippen molar-refractivity contribution in [3.05, 3.63) is 46.3 Å². The van der Waals surface area contributed by atoms with Crippen molar-refractivity contribution in [2.24, 2.45) is 0 Å². The summed E-state index contributed by atoms with van der Waals surface area (Å²) in [7, 11) is 0. The molecule has 0 saturated carbocycles. The van der Waals surface area contributed by atoms with E-state index in [2.05, 4.69) is 20.6 Å². The Morgan fingerprint density at radius 3 is 2.48 bits per heavy atom. The van der Waals surface area contributed by atoms with Gasteiger partial charge in [-0.2, -0.15) is 13.2 Å². The molecule has 7 nitrogen and oxygen atoms in total. The van der Waals surface area contributed by atoms with E-state index >= 15 is 0 Å². The third-order valence-corrected chi connectivity index (χ3v) is 3.49. The molecule has 1 aromatic heterocycles. The average Bonchev–Trinajstić information content (AvgIpc) is 2.54. The molecule has 1 atom stereocenters. The van der Waals surface area contributed by atoms with E-state index < -0.39 is 22.4 Å². The van der Waals surface area contributed by atoms with Gasteiger partial charge in [0, 0.05) is 6.04 Å². The minimum absolute atomic E-state index is 0.0543. The van der Waals surface area contributed by atoms with Crippen LogP contribution in [0.3, 0.4) is 0 Å². The number of hydrogen-bond donors (Lipinski definition) is 2. The molecule has 0 bridgehead atoms. The SMILES string of the molecule is CCC(C)Nc1ncnc(Nc2ccccc2C(F)(F)F)c1[N+](=O)[O-]. The highest BCUT2D eigenvalue weighted by Crippen LogP contribution is 2.38. The number of nitrogens with zero attached hydrogens (tertiary/aromatic N) is 3. The largest absolute Gasteiger partial charge is 0.418 e. The zero-order valence-electron chi connectivity index (χ0n) is 13.5. The number of nitrogens with one attached hydrogen (secondary N) is 2. The van der Waals surface area contributed by atoms with Crippen molar-refractivity contribution in [1.82, 2.24) is 9.97 Å². The summed E-state index contributed by atoms with van der Waals surface area (Å²) < 4.78 is 39.3. The molecule has 0 amide bonds. The highest BCUT2D eigenvalue weighted by atomic mass is 19.4. The maximum Gasteiger partial charge on any atom is 0.418 e. The van der Waals surface area contributed by atoms with Crippen molar-refractivity contribution < 1.29 is 18.1 Å². The van der Waals surface area contributed by atoms with Gasteiger partial charge in [0.05, 0.1) is 16.2 Å². The van der Waals surface area contributed by atoms with Crippen LogP contribution in [0.4, 0.5) is 36.2 Å². The van der Waals surface area contributed by atoms with Crippen molar-refractivity contribution in [1.29, 1.82) is 0 Å². The average molecular weight is 355 g/mol. The minimum Gasteiger partial charge on any atom is -0.362 e. The number of alkyl halides is 3. The Labute approximate surface area is 141 Å². The van der Waals surface area contributed by atoms with E-state index in [9.17, 15) is 23.3 Å². The molecule has 0 radical (unpaired) electrons. The van der Waals surface area contributed by atoms with E-state index in [1.54, 1.807) is 6.92 Å². The lowest BCUT2D eigenvalue weighted by molar-refractivity contribution is -0.383.